The van der Waals surface area contributed by atoms with Crippen molar-refractivity contribution in [2.24, 2.45) is 5.41 Å². The first-order valence-electron chi connectivity index (χ1n) is 8.20. The molecule has 2 aromatic rings. The largest absolute Gasteiger partial charge is 0.326 e. The summed E-state index contributed by atoms with van der Waals surface area (Å²) in [5.74, 6) is -0.0636. The molecule has 1 amide bonds. The third-order valence-electron chi connectivity index (χ3n) is 4.13. The molecule has 1 aliphatic heterocycles. The SMILES string of the molecule is CC(C)(C)C(=O)Nc1ccc2c(c1)CCCN2S(=O)(=O)c1cccs1. The third-order valence-corrected chi connectivity index (χ3v) is 7.32. The number of hydrogen-bond donors (Lipinski definition) is 1. The molecular weight excluding hydrogens is 356 g/mol. The normalized spacial score (nSPS) is 14.9. The van der Waals surface area contributed by atoms with Crippen molar-refractivity contribution in [1.82, 2.24) is 0 Å². The van der Waals surface area contributed by atoms with Crippen molar-refractivity contribution < 1.29 is 13.2 Å². The molecule has 1 N–H and O–H groups in total. The Hall–Kier alpha value is -1.86. The first kappa shape index (κ1) is 17.9. The van der Waals surface area contributed by atoms with Gasteiger partial charge in [-0.3, -0.25) is 9.10 Å². The Morgan fingerprint density at radius 2 is 2.00 bits per heavy atom. The Morgan fingerprint density at radius 1 is 1.24 bits per heavy atom. The van der Waals surface area contributed by atoms with E-state index in [2.05, 4.69) is 5.32 Å². The number of anilines is 2. The summed E-state index contributed by atoms with van der Waals surface area (Å²) in [4.78, 5) is 12.2. The Balaban J connectivity index is 1.92. The van der Waals surface area contributed by atoms with E-state index in [0.717, 1.165) is 18.4 Å². The molecule has 5 nitrogen and oxygen atoms in total. The van der Waals surface area contributed by atoms with E-state index in [1.807, 2.05) is 26.8 Å². The van der Waals surface area contributed by atoms with Crippen LogP contribution in [-0.2, 0) is 21.2 Å². The number of amides is 1. The maximum atomic E-state index is 12.9. The van der Waals surface area contributed by atoms with Crippen LogP contribution in [0.1, 0.15) is 32.8 Å². The van der Waals surface area contributed by atoms with Crippen LogP contribution in [0, 0.1) is 5.41 Å². The van der Waals surface area contributed by atoms with Gasteiger partial charge in [0.1, 0.15) is 4.21 Å². The van der Waals surface area contributed by atoms with E-state index in [-0.39, 0.29) is 5.91 Å². The molecule has 1 aromatic heterocycles. The summed E-state index contributed by atoms with van der Waals surface area (Å²) < 4.78 is 27.6. The number of aryl methyl sites for hydroxylation is 1. The van der Waals surface area contributed by atoms with Crippen LogP contribution in [0.5, 0.6) is 0 Å². The molecule has 0 spiro atoms. The minimum absolute atomic E-state index is 0.0636. The van der Waals surface area contributed by atoms with E-state index in [1.54, 1.807) is 29.6 Å². The van der Waals surface area contributed by atoms with Gasteiger partial charge >= 0.3 is 0 Å². The fourth-order valence-corrected chi connectivity index (χ4v) is 5.37. The number of carbonyl (C=O) groups excluding carboxylic acids is 1. The maximum Gasteiger partial charge on any atom is 0.273 e. The summed E-state index contributed by atoms with van der Waals surface area (Å²) in [5.41, 5.74) is 1.87. The van der Waals surface area contributed by atoms with Gasteiger partial charge in [0.05, 0.1) is 5.69 Å². The van der Waals surface area contributed by atoms with Gasteiger partial charge in [-0.1, -0.05) is 26.8 Å². The smallest absolute Gasteiger partial charge is 0.273 e. The van der Waals surface area contributed by atoms with Gasteiger partial charge in [-0.2, -0.15) is 0 Å². The summed E-state index contributed by atoms with van der Waals surface area (Å²) in [5, 5.41) is 4.68. The molecule has 1 aliphatic rings. The summed E-state index contributed by atoms with van der Waals surface area (Å²) in [6, 6.07) is 8.82. The molecule has 0 unspecified atom stereocenters. The van der Waals surface area contributed by atoms with E-state index < -0.39 is 15.4 Å². The second-order valence-corrected chi connectivity index (χ2v) is 10.2. The van der Waals surface area contributed by atoms with Crippen LogP contribution in [0.25, 0.3) is 0 Å². The number of benzene rings is 1. The Labute approximate surface area is 152 Å². The fourth-order valence-electron chi connectivity index (χ4n) is 2.73. The highest BCUT2D eigenvalue weighted by molar-refractivity contribution is 7.94. The highest BCUT2D eigenvalue weighted by atomic mass is 32.2. The van der Waals surface area contributed by atoms with Crippen LogP contribution >= 0.6 is 11.3 Å². The summed E-state index contributed by atoms with van der Waals surface area (Å²) >= 11 is 1.23. The van der Waals surface area contributed by atoms with Gasteiger partial charge in [0.2, 0.25) is 5.91 Å². The summed E-state index contributed by atoms with van der Waals surface area (Å²) in [6.45, 7) is 6.04. The summed E-state index contributed by atoms with van der Waals surface area (Å²) in [6.07, 6.45) is 1.55. The highest BCUT2D eigenvalue weighted by Crippen LogP contribution is 2.35. The predicted molar refractivity (Wildman–Crippen MR) is 102 cm³/mol. The number of carbonyl (C=O) groups is 1. The zero-order valence-corrected chi connectivity index (χ0v) is 16.2. The highest BCUT2D eigenvalue weighted by Gasteiger charge is 2.30. The van der Waals surface area contributed by atoms with Gasteiger partial charge in [-0.15, -0.1) is 11.3 Å². The quantitative estimate of drug-likeness (QED) is 0.881. The minimum atomic E-state index is -3.53. The first-order chi connectivity index (χ1) is 11.7. The predicted octanol–water partition coefficient (Wildman–Crippen LogP) is 3.87. The lowest BCUT2D eigenvalue weighted by Crippen LogP contribution is -2.35. The van der Waals surface area contributed by atoms with Crippen LogP contribution in [0.3, 0.4) is 0 Å². The third kappa shape index (κ3) is 3.57. The van der Waals surface area contributed by atoms with Crippen molar-refractivity contribution in [2.45, 2.75) is 37.8 Å². The second kappa shape index (κ2) is 6.46. The Morgan fingerprint density at radius 3 is 2.64 bits per heavy atom. The lowest BCUT2D eigenvalue weighted by Gasteiger charge is -2.30. The van der Waals surface area contributed by atoms with Crippen molar-refractivity contribution in [3.8, 4) is 0 Å². The molecule has 0 bridgehead atoms. The molecule has 1 aromatic carbocycles. The number of fused-ring (bicyclic) bond motifs is 1. The molecule has 7 heteroatoms. The molecule has 25 heavy (non-hydrogen) atoms. The Bertz CT molecular complexity index is 882. The van der Waals surface area contributed by atoms with Crippen LogP contribution in [0.15, 0.2) is 39.9 Å². The first-order valence-corrected chi connectivity index (χ1v) is 10.5. The molecule has 3 rings (SSSR count). The summed E-state index contributed by atoms with van der Waals surface area (Å²) in [7, 11) is -3.53. The average Bonchev–Trinajstić information content (AvgIpc) is 3.08. The number of hydrogen-bond acceptors (Lipinski definition) is 4. The van der Waals surface area contributed by atoms with E-state index in [0.29, 0.717) is 22.1 Å². The zero-order chi connectivity index (χ0) is 18.2. The molecule has 0 saturated carbocycles. The number of thiophene rings is 1. The van der Waals surface area contributed by atoms with Crippen LogP contribution in [0.2, 0.25) is 0 Å². The van der Waals surface area contributed by atoms with Crippen LogP contribution in [-0.4, -0.2) is 20.9 Å². The second-order valence-electron chi connectivity index (χ2n) is 7.16. The molecule has 0 saturated heterocycles. The number of sulfonamides is 1. The lowest BCUT2D eigenvalue weighted by molar-refractivity contribution is -0.123. The molecule has 0 aliphatic carbocycles. The van der Waals surface area contributed by atoms with Gasteiger partial charge in [-0.05, 0) is 48.1 Å². The number of rotatable bonds is 3. The van der Waals surface area contributed by atoms with Gasteiger partial charge in [-0.25, -0.2) is 8.42 Å². The lowest BCUT2D eigenvalue weighted by atomic mass is 9.95. The van der Waals surface area contributed by atoms with E-state index in [9.17, 15) is 13.2 Å². The van der Waals surface area contributed by atoms with Gasteiger partial charge < -0.3 is 5.32 Å². The van der Waals surface area contributed by atoms with Gasteiger partial charge in [0.15, 0.2) is 0 Å². The van der Waals surface area contributed by atoms with Crippen molar-refractivity contribution >= 4 is 38.6 Å². The average molecular weight is 379 g/mol. The van der Waals surface area contributed by atoms with Gasteiger partial charge in [0, 0.05) is 17.6 Å². The molecular formula is C18H22N2O3S2. The standard InChI is InChI=1S/C18H22N2O3S2/c1-18(2,3)17(21)19-14-8-9-15-13(12-14)6-4-10-20(15)25(22,23)16-7-5-11-24-16/h5,7-9,11-12H,4,6,10H2,1-3H3,(H,19,21). The van der Waals surface area contributed by atoms with Crippen molar-refractivity contribution in [2.75, 3.05) is 16.2 Å². The van der Waals surface area contributed by atoms with Crippen molar-refractivity contribution in [1.29, 1.82) is 0 Å². The fraction of sp³-hybridized carbons (Fsp3) is 0.389. The maximum absolute atomic E-state index is 12.9. The topological polar surface area (TPSA) is 66.5 Å². The molecule has 0 atom stereocenters. The van der Waals surface area contributed by atoms with E-state index in [1.165, 1.54) is 15.6 Å². The van der Waals surface area contributed by atoms with Crippen LogP contribution in [0.4, 0.5) is 11.4 Å². The molecule has 0 fully saturated rings. The van der Waals surface area contributed by atoms with E-state index in [4.69, 9.17) is 0 Å². The Kier molecular flexibility index (Phi) is 4.64. The number of nitrogens with one attached hydrogen (secondary N) is 1. The molecule has 2 heterocycles. The minimum Gasteiger partial charge on any atom is -0.326 e. The van der Waals surface area contributed by atoms with E-state index >= 15 is 0 Å². The van der Waals surface area contributed by atoms with Crippen molar-refractivity contribution in [3.63, 3.8) is 0 Å². The molecule has 134 valence electrons. The van der Waals surface area contributed by atoms with Crippen molar-refractivity contribution in [3.05, 3.63) is 41.3 Å². The van der Waals surface area contributed by atoms with Crippen LogP contribution < -0.4 is 9.62 Å². The number of nitrogens with zero attached hydrogens (tertiary/aromatic N) is 1. The molecule has 0 radical (unpaired) electrons. The zero-order valence-electron chi connectivity index (χ0n) is 14.6. The monoisotopic (exact) mass is 378 g/mol. The van der Waals surface area contributed by atoms with Gasteiger partial charge in [0.25, 0.3) is 10.0 Å².